The molecule has 11 rings (SSSR count). The number of carbonyl (C=O) groups excluding carboxylic acids is 14. The Labute approximate surface area is 763 Å². The quantitative estimate of drug-likeness (QED) is 0.0169. The number of hydrogen-bond acceptors (Lipinski definition) is 33. The third-order valence-electron chi connectivity index (χ3n) is 22.5. The van der Waals surface area contributed by atoms with Crippen LogP contribution in [0.2, 0.25) is 0 Å². The molecule has 50 heteroatoms. The molecule has 14 atom stereocenters. The summed E-state index contributed by atoms with van der Waals surface area (Å²) in [5.74, 6) is -13.1. The number of aromatic nitrogens is 7. The molecule has 5 saturated heterocycles. The number of aryl methyl sites for hydroxylation is 1. The molecule has 7 aliphatic rings. The first-order valence-corrected chi connectivity index (χ1v) is 42.6. The molecule has 3 aromatic heterocycles. The number of amides is 12. The molecule has 6 aliphatic heterocycles. The van der Waals surface area contributed by atoms with Crippen LogP contribution in [0, 0.1) is 37.5 Å². The van der Waals surface area contributed by atoms with Crippen LogP contribution in [0.15, 0.2) is 71.7 Å². The Hall–Kier alpha value is -14.0. The fourth-order valence-electron chi connectivity index (χ4n) is 15.4. The highest BCUT2D eigenvalue weighted by Crippen LogP contribution is 2.36. The van der Waals surface area contributed by atoms with Gasteiger partial charge < -0.3 is 118 Å². The van der Waals surface area contributed by atoms with Crippen molar-refractivity contribution in [1.29, 1.82) is 0 Å². The molecule has 1 aliphatic carbocycles. The van der Waals surface area contributed by atoms with Gasteiger partial charge in [0.05, 0.1) is 49.2 Å². The zero-order valence-electron chi connectivity index (χ0n) is 77.6. The Morgan fingerprint density at radius 1 is 0.609 bits per heavy atom. The van der Waals surface area contributed by atoms with Crippen LogP contribution in [0.1, 0.15) is 154 Å². The lowest BCUT2D eigenvalue weighted by atomic mass is 9.98. The van der Waals surface area contributed by atoms with Gasteiger partial charge in [0.25, 0.3) is 23.6 Å². The number of imidazole rings is 2. The molecule has 5 fully saturated rings. The van der Waals surface area contributed by atoms with Gasteiger partial charge in [0, 0.05) is 81.2 Å². The number of primary amides is 2. The van der Waals surface area contributed by atoms with Crippen molar-refractivity contribution >= 4 is 117 Å². The first-order valence-electron chi connectivity index (χ1n) is 42.6. The Balaban J connectivity index is 0.000000405. The maximum absolute atomic E-state index is 15.2. The second-order valence-electron chi connectivity index (χ2n) is 34.3. The summed E-state index contributed by atoms with van der Waals surface area (Å²) in [6.45, 7) is 17.9. The maximum atomic E-state index is 15.2. The first-order chi connectivity index (χ1) is 62.4. The minimum Gasteiger partial charge on any atom is -0.458 e. The Kier molecular flexibility index (Phi) is 35.1. The molecule has 0 unspecified atom stereocenters. The predicted molar refractivity (Wildman–Crippen MR) is 472 cm³/mol. The average molecular weight is 1860 g/mol. The molecule has 0 bridgehead atoms. The number of ether oxygens (including phenoxy) is 3. The number of anilines is 2. The van der Waals surface area contributed by atoms with E-state index >= 15 is 9.59 Å². The smallest absolute Gasteiger partial charge is 0.351 e. The van der Waals surface area contributed by atoms with Crippen molar-refractivity contribution < 1.29 is 101 Å². The topological polar surface area (TPSA) is 690 Å². The van der Waals surface area contributed by atoms with E-state index in [0.717, 1.165) is 14.4 Å². The minimum absolute atomic E-state index is 0.0537. The molecule has 12 amide bonds. The second-order valence-corrected chi connectivity index (χ2v) is 34.3. The molecule has 50 nitrogen and oxygen atoms in total. The first kappa shape index (κ1) is 104. The summed E-state index contributed by atoms with van der Waals surface area (Å²) in [5, 5.41) is 56.6. The van der Waals surface area contributed by atoms with Crippen LogP contribution >= 0.6 is 0 Å². The van der Waals surface area contributed by atoms with Crippen LogP contribution in [0.25, 0.3) is 22.6 Å². The number of nitrogens with zero attached hydrogens (tertiary/aromatic N) is 17. The number of benzene rings is 2. The number of cyclic esters (lactones) is 2. The number of fused-ring (bicyclic) bond motifs is 4. The lowest BCUT2D eigenvalue weighted by molar-refractivity contribution is -0.163. The number of aliphatic hydroxyl groups is 3. The van der Waals surface area contributed by atoms with Gasteiger partial charge in [-0.1, -0.05) is 71.9 Å². The van der Waals surface area contributed by atoms with Gasteiger partial charge in [0.2, 0.25) is 64.3 Å². The van der Waals surface area contributed by atoms with Gasteiger partial charge in [-0.3, -0.25) is 76.9 Å². The number of likely N-dealkylation sites (N-methyl/N-ethyl adjacent to an activating group) is 4. The predicted octanol–water partition coefficient (Wildman–Crippen LogP) is -1.70. The molecule has 133 heavy (non-hydrogen) atoms. The molecule has 1 aromatic carbocycles. The fraction of sp³-hybridized carbons (Fsp3) is 0.566. The normalized spacial score (nSPS) is 24.0. The number of rotatable bonds is 16. The van der Waals surface area contributed by atoms with Gasteiger partial charge >= 0.3 is 17.6 Å². The number of hydrogen-bond donors (Lipinski definition) is 13. The van der Waals surface area contributed by atoms with Crippen LogP contribution in [0.3, 0.4) is 0 Å². The number of carbonyl (C=O) groups is 14. The van der Waals surface area contributed by atoms with Crippen molar-refractivity contribution in [3.8, 4) is 11.5 Å². The zero-order chi connectivity index (χ0) is 99.2. The summed E-state index contributed by atoms with van der Waals surface area (Å²) >= 11 is 0. The van der Waals surface area contributed by atoms with Crippen molar-refractivity contribution in [2.45, 2.75) is 194 Å². The van der Waals surface area contributed by atoms with E-state index < -0.39 is 239 Å². The average Bonchev–Trinajstić information content (AvgIpc) is 1.72. The van der Waals surface area contributed by atoms with Crippen molar-refractivity contribution in [2.75, 3.05) is 101 Å². The SMILES string of the molecule is CN(C)N=Nc1nc[nH]c1C(N)=O.CN(C)N=Nc1nc[nH]c1C(N)=O.Cc1c2oc3c(C)ccc(C(=O)N[C@@H]4C(=O)N[C@H](C(C)C)C(=O)N5CCC[C@H]5C(=O)N(C)CC(=O)N(C)[C@@H](C(C)C)C(=O)O[C@@H]4C)c3nc-2c(C(=O)N[C@@H]2C(=O)N[C@H](C(C)C)C(=O)N3CCC[C@H]3C(=O)N(C)CC(=O)N(C)[C@@H](C(C)C)C(=O)O[C@@H]2C)c(N)c1=O.Nc1ccn([C@@H]2O[C@H](CO)[C@@H](O)[C@@H]2O)c(=O)n1. The van der Waals surface area contributed by atoms with Crippen molar-refractivity contribution in [1.82, 2.24) is 95.2 Å². The Morgan fingerprint density at radius 3 is 1.45 bits per heavy atom. The van der Waals surface area contributed by atoms with Gasteiger partial charge in [-0.15, -0.1) is 10.2 Å². The van der Waals surface area contributed by atoms with Crippen molar-refractivity contribution in [2.24, 2.45) is 55.8 Å². The minimum atomic E-state index is -1.88. The molecule has 4 aromatic rings. The molecule has 0 saturated carbocycles. The van der Waals surface area contributed by atoms with Crippen LogP contribution in [-0.2, 0) is 62.2 Å². The molecule has 724 valence electrons. The number of nitrogen functional groups attached to an aromatic ring is 2. The second kappa shape index (κ2) is 44.7. The molecular formula is C83H119N27O23. The third kappa shape index (κ3) is 24.2. The number of aliphatic hydroxyl groups excluding tert-OH is 3. The van der Waals surface area contributed by atoms with E-state index in [-0.39, 0.29) is 82.8 Å². The van der Waals surface area contributed by atoms with Crippen LogP contribution in [0.5, 0.6) is 0 Å². The third-order valence-corrected chi connectivity index (χ3v) is 22.5. The van der Waals surface area contributed by atoms with E-state index in [1.807, 2.05) is 0 Å². The highest BCUT2D eigenvalue weighted by molar-refractivity contribution is 6.11. The van der Waals surface area contributed by atoms with Gasteiger partial charge in [0.1, 0.15) is 95.9 Å². The van der Waals surface area contributed by atoms with Crippen LogP contribution in [0.4, 0.5) is 23.1 Å². The van der Waals surface area contributed by atoms with Gasteiger partial charge in [-0.2, -0.15) is 4.98 Å². The summed E-state index contributed by atoms with van der Waals surface area (Å²) in [5.41, 5.74) is 18.6. The molecule has 9 heterocycles. The number of H-pyrrole nitrogens is 2. The summed E-state index contributed by atoms with van der Waals surface area (Å²) in [6.07, 6.45) is -2.24. The highest BCUT2D eigenvalue weighted by atomic mass is 16.6. The number of esters is 2. The highest BCUT2D eigenvalue weighted by Gasteiger charge is 2.48. The summed E-state index contributed by atoms with van der Waals surface area (Å²) in [6, 6.07) is -6.53. The summed E-state index contributed by atoms with van der Waals surface area (Å²) < 4.78 is 24.5. The maximum Gasteiger partial charge on any atom is 0.351 e. The van der Waals surface area contributed by atoms with Crippen LogP contribution in [-0.4, -0.2) is 340 Å². The van der Waals surface area contributed by atoms with Crippen molar-refractivity contribution in [3.05, 3.63) is 91.4 Å². The standard InChI is InChI=1S/C62H86N12O16.C9H13N3O5.2C6H10N6O/c1-27(2)42-59(84)73-23-17-19-36(73)57(82)69(13)25-38(75)71(15)48(29(5)6)61(86)88-33(11)44(55(80)65-42)67-53(78)35-22-21-31(9)51-46(35)64-47-40(41(63)50(77)32(10)52(47)90-51)54(79)68-45-34(12)89-62(87)49(30(7)8)72(16)39(76)26-70(14)58(83)37-20-18-24-74(37)60(85)43(28(3)4)66-56(45)81;10-5-1-2-12(9(16)11-5)8-7(15)6(14)4(3-13)17-8;2*1-12(2)11-10-6-4(5(7)13)8-3-9-6/h21-22,27-30,33-34,36-37,42-45,48-49H,17-20,23-26,63H2,1-16H3,(H,65,80)(H,66,81)(H,67,78)(H,68,79);1-2,4,6-8,13-15H,3H2,(H2,10,11,16);2*3H,1-2H3,(H2,7,13)(H,8,9)/t33-,34-,36+,37+,42-,43-,44+,45+,48+,49+;4-,6-,7+,8-;;/m11../s1. The molecule has 0 spiro atoms. The zero-order valence-corrected chi connectivity index (χ0v) is 77.6. The van der Waals surface area contributed by atoms with E-state index in [0.29, 0.717) is 18.4 Å². The number of aromatic amines is 2. The Morgan fingerprint density at radius 2 is 1.05 bits per heavy atom. The van der Waals surface area contributed by atoms with Gasteiger partial charge in [0.15, 0.2) is 29.0 Å². The van der Waals surface area contributed by atoms with Crippen LogP contribution < -0.4 is 55.3 Å². The summed E-state index contributed by atoms with van der Waals surface area (Å²) in [7, 11) is 12.4. The van der Waals surface area contributed by atoms with Gasteiger partial charge in [-0.05, 0) is 94.7 Å². The monoisotopic (exact) mass is 1860 g/mol. The van der Waals surface area contributed by atoms with E-state index in [1.54, 1.807) is 90.5 Å². The van der Waals surface area contributed by atoms with Crippen molar-refractivity contribution in [3.63, 3.8) is 0 Å². The van der Waals surface area contributed by atoms with E-state index in [1.165, 1.54) is 116 Å². The molecule has 0 radical (unpaired) electrons. The largest absolute Gasteiger partial charge is 0.458 e. The number of nitrogens with one attached hydrogen (secondary N) is 6. The molecular weight excluding hydrogens is 1740 g/mol. The van der Waals surface area contributed by atoms with Gasteiger partial charge in [-0.25, -0.2) is 29.3 Å². The number of nitrogens with two attached hydrogens (primary N) is 4. The Bertz CT molecular complexity index is 5420. The van der Waals surface area contributed by atoms with E-state index in [4.69, 9.17) is 51.7 Å². The summed E-state index contributed by atoms with van der Waals surface area (Å²) in [4.78, 5) is 248. The van der Waals surface area contributed by atoms with E-state index in [2.05, 4.69) is 66.9 Å². The lowest BCUT2D eigenvalue weighted by Gasteiger charge is -2.36. The van der Waals surface area contributed by atoms with E-state index in [9.17, 15) is 77.3 Å². The lowest BCUT2D eigenvalue weighted by Crippen LogP contribution is -2.61. The molecule has 17 N–H and O–H groups in total. The fourth-order valence-corrected chi connectivity index (χ4v) is 15.4.